The maximum Gasteiger partial charge on any atom is 0.258 e. The van der Waals surface area contributed by atoms with Crippen LogP contribution < -0.4 is 10.1 Å². The van der Waals surface area contributed by atoms with Gasteiger partial charge in [0.15, 0.2) is 6.61 Å². The van der Waals surface area contributed by atoms with Crippen molar-refractivity contribution in [2.24, 2.45) is 0 Å². The van der Waals surface area contributed by atoms with Crippen LogP contribution in [0.3, 0.4) is 0 Å². The number of nitrogens with zero attached hydrogens (tertiary/aromatic N) is 1. The third-order valence-electron chi connectivity index (χ3n) is 5.34. The summed E-state index contributed by atoms with van der Waals surface area (Å²) in [7, 11) is 0. The SMILES string of the molecule is CC(CN1CCOCC1)NC(=O)COc1ccc2oc3c(c2c1)CCCC3. The molecule has 1 saturated heterocycles. The summed E-state index contributed by atoms with van der Waals surface area (Å²) in [6.45, 7) is 6.27. The third-order valence-corrected chi connectivity index (χ3v) is 5.34. The van der Waals surface area contributed by atoms with Crippen molar-refractivity contribution < 1.29 is 18.7 Å². The molecule has 1 aliphatic carbocycles. The minimum atomic E-state index is -0.0925. The number of fused-ring (bicyclic) bond motifs is 3. The summed E-state index contributed by atoms with van der Waals surface area (Å²) in [5, 5.41) is 4.14. The highest BCUT2D eigenvalue weighted by molar-refractivity contribution is 5.84. The number of hydrogen-bond donors (Lipinski definition) is 1. The van der Waals surface area contributed by atoms with Crippen LogP contribution in [-0.2, 0) is 22.4 Å². The summed E-state index contributed by atoms with van der Waals surface area (Å²) >= 11 is 0. The summed E-state index contributed by atoms with van der Waals surface area (Å²) in [4.78, 5) is 14.5. The topological polar surface area (TPSA) is 63.9 Å². The summed E-state index contributed by atoms with van der Waals surface area (Å²) in [6.07, 6.45) is 4.48. The van der Waals surface area contributed by atoms with E-state index in [1.54, 1.807) is 0 Å². The van der Waals surface area contributed by atoms with Gasteiger partial charge in [0, 0.05) is 43.0 Å². The first-order chi connectivity index (χ1) is 13.2. The van der Waals surface area contributed by atoms with Gasteiger partial charge in [-0.15, -0.1) is 0 Å². The van der Waals surface area contributed by atoms with Crippen molar-refractivity contribution in [2.75, 3.05) is 39.5 Å². The highest BCUT2D eigenvalue weighted by Gasteiger charge is 2.19. The molecule has 1 aromatic heterocycles. The van der Waals surface area contributed by atoms with Gasteiger partial charge in [-0.2, -0.15) is 0 Å². The minimum absolute atomic E-state index is 0.0268. The second-order valence-corrected chi connectivity index (χ2v) is 7.54. The predicted octanol–water partition coefficient (Wildman–Crippen LogP) is 2.53. The van der Waals surface area contributed by atoms with Gasteiger partial charge in [-0.1, -0.05) is 0 Å². The van der Waals surface area contributed by atoms with Gasteiger partial charge in [-0.25, -0.2) is 0 Å². The molecule has 2 heterocycles. The average molecular weight is 372 g/mol. The van der Waals surface area contributed by atoms with Gasteiger partial charge < -0.3 is 19.2 Å². The molecule has 1 N–H and O–H groups in total. The fraction of sp³-hybridized carbons (Fsp3) is 0.571. The van der Waals surface area contributed by atoms with E-state index in [0.717, 1.165) is 62.4 Å². The molecule has 0 saturated carbocycles. The van der Waals surface area contributed by atoms with E-state index in [2.05, 4.69) is 10.2 Å². The zero-order valence-corrected chi connectivity index (χ0v) is 16.0. The predicted molar refractivity (Wildman–Crippen MR) is 103 cm³/mol. The first-order valence-corrected chi connectivity index (χ1v) is 9.95. The number of nitrogens with one attached hydrogen (secondary N) is 1. The van der Waals surface area contributed by atoms with Gasteiger partial charge in [0.05, 0.1) is 13.2 Å². The van der Waals surface area contributed by atoms with Crippen LogP contribution in [-0.4, -0.2) is 56.3 Å². The Hall–Kier alpha value is -2.05. The molecule has 0 radical (unpaired) electrons. The first-order valence-electron chi connectivity index (χ1n) is 9.95. The number of furan rings is 1. The molecule has 6 heteroatoms. The molecule has 0 bridgehead atoms. The fourth-order valence-electron chi connectivity index (χ4n) is 4.01. The van der Waals surface area contributed by atoms with Crippen LogP contribution in [0.25, 0.3) is 11.0 Å². The van der Waals surface area contributed by atoms with Gasteiger partial charge >= 0.3 is 0 Å². The normalized spacial score (nSPS) is 18.9. The molecule has 2 aliphatic rings. The van der Waals surface area contributed by atoms with Crippen LogP contribution in [0.5, 0.6) is 5.75 Å². The van der Waals surface area contributed by atoms with Crippen LogP contribution in [0, 0.1) is 0 Å². The number of rotatable bonds is 6. The van der Waals surface area contributed by atoms with E-state index in [9.17, 15) is 4.79 Å². The number of ether oxygens (including phenoxy) is 2. The minimum Gasteiger partial charge on any atom is -0.484 e. The van der Waals surface area contributed by atoms with E-state index >= 15 is 0 Å². The van der Waals surface area contributed by atoms with Crippen molar-refractivity contribution in [1.82, 2.24) is 10.2 Å². The average Bonchev–Trinajstić information content (AvgIpc) is 3.05. The van der Waals surface area contributed by atoms with Crippen molar-refractivity contribution in [2.45, 2.75) is 38.6 Å². The lowest BCUT2D eigenvalue weighted by Crippen LogP contribution is -2.46. The second-order valence-electron chi connectivity index (χ2n) is 7.54. The quantitative estimate of drug-likeness (QED) is 0.844. The molecule has 4 rings (SSSR count). The zero-order valence-electron chi connectivity index (χ0n) is 16.0. The molecular weight excluding hydrogens is 344 g/mol. The Kier molecular flexibility index (Phi) is 5.64. The molecule has 1 amide bonds. The molecular formula is C21H28N2O4. The van der Waals surface area contributed by atoms with E-state index in [-0.39, 0.29) is 18.6 Å². The Bertz CT molecular complexity index is 795. The maximum atomic E-state index is 12.2. The Morgan fingerprint density at radius 3 is 2.93 bits per heavy atom. The van der Waals surface area contributed by atoms with Gasteiger partial charge in [0.25, 0.3) is 5.91 Å². The molecule has 1 fully saturated rings. The Morgan fingerprint density at radius 1 is 1.26 bits per heavy atom. The van der Waals surface area contributed by atoms with Crippen molar-refractivity contribution in [3.05, 3.63) is 29.5 Å². The summed E-state index contributed by atoms with van der Waals surface area (Å²) in [5.74, 6) is 1.74. The molecule has 0 spiro atoms. The highest BCUT2D eigenvalue weighted by Crippen LogP contribution is 2.33. The van der Waals surface area contributed by atoms with Crippen molar-refractivity contribution in [3.63, 3.8) is 0 Å². The first kappa shape index (κ1) is 18.3. The molecule has 1 atom stereocenters. The number of morpholine rings is 1. The van der Waals surface area contributed by atoms with Crippen LogP contribution >= 0.6 is 0 Å². The molecule has 2 aromatic rings. The van der Waals surface area contributed by atoms with E-state index in [1.165, 1.54) is 18.4 Å². The number of carbonyl (C=O) groups excluding carboxylic acids is 1. The Balaban J connectivity index is 1.30. The van der Waals surface area contributed by atoms with E-state index in [4.69, 9.17) is 13.9 Å². The number of hydrogen-bond acceptors (Lipinski definition) is 5. The van der Waals surface area contributed by atoms with Gasteiger partial charge in [0.2, 0.25) is 0 Å². The van der Waals surface area contributed by atoms with Crippen molar-refractivity contribution in [1.29, 1.82) is 0 Å². The summed E-state index contributed by atoms with van der Waals surface area (Å²) < 4.78 is 17.0. The van der Waals surface area contributed by atoms with Crippen LogP contribution in [0.1, 0.15) is 31.1 Å². The van der Waals surface area contributed by atoms with Gasteiger partial charge in [-0.3, -0.25) is 9.69 Å². The second kappa shape index (κ2) is 8.31. The van der Waals surface area contributed by atoms with Crippen LogP contribution in [0.2, 0.25) is 0 Å². The lowest BCUT2D eigenvalue weighted by molar-refractivity contribution is -0.123. The fourth-order valence-corrected chi connectivity index (χ4v) is 4.01. The Labute approximate surface area is 159 Å². The summed E-state index contributed by atoms with van der Waals surface area (Å²) in [5.41, 5.74) is 2.23. The largest absolute Gasteiger partial charge is 0.484 e. The molecule has 27 heavy (non-hydrogen) atoms. The number of carbonyl (C=O) groups is 1. The smallest absolute Gasteiger partial charge is 0.258 e. The van der Waals surface area contributed by atoms with Crippen LogP contribution in [0.4, 0.5) is 0 Å². The lowest BCUT2D eigenvalue weighted by atomic mass is 9.96. The van der Waals surface area contributed by atoms with Crippen molar-refractivity contribution >= 4 is 16.9 Å². The molecule has 1 unspecified atom stereocenters. The van der Waals surface area contributed by atoms with Crippen LogP contribution in [0.15, 0.2) is 22.6 Å². The number of benzene rings is 1. The standard InChI is InChI=1S/C21H28N2O4/c1-15(13-23-8-10-25-11-9-23)22-21(24)14-26-16-6-7-20-18(12-16)17-4-2-3-5-19(17)27-20/h6-7,12,15H,2-5,8-11,13-14H2,1H3,(H,22,24). The highest BCUT2D eigenvalue weighted by atomic mass is 16.5. The van der Waals surface area contributed by atoms with Gasteiger partial charge in [-0.05, 0) is 44.4 Å². The molecule has 1 aliphatic heterocycles. The Morgan fingerprint density at radius 2 is 2.07 bits per heavy atom. The lowest BCUT2D eigenvalue weighted by Gasteiger charge is -2.29. The van der Waals surface area contributed by atoms with Crippen molar-refractivity contribution in [3.8, 4) is 5.75 Å². The molecule has 6 nitrogen and oxygen atoms in total. The van der Waals surface area contributed by atoms with E-state index in [0.29, 0.717) is 5.75 Å². The van der Waals surface area contributed by atoms with Gasteiger partial charge in [0.1, 0.15) is 17.1 Å². The maximum absolute atomic E-state index is 12.2. The number of amides is 1. The number of aryl methyl sites for hydroxylation is 2. The van der Waals surface area contributed by atoms with E-state index in [1.807, 2.05) is 25.1 Å². The monoisotopic (exact) mass is 372 g/mol. The summed E-state index contributed by atoms with van der Waals surface area (Å²) in [6, 6.07) is 5.92. The van der Waals surface area contributed by atoms with E-state index < -0.39 is 0 Å². The third kappa shape index (κ3) is 4.45. The zero-order chi connectivity index (χ0) is 18.6. The molecule has 1 aromatic carbocycles. The molecule has 146 valence electrons.